The summed E-state index contributed by atoms with van der Waals surface area (Å²) in [6, 6.07) is 5.57. The second kappa shape index (κ2) is 3.91. The molecule has 0 saturated carbocycles. The summed E-state index contributed by atoms with van der Waals surface area (Å²) in [4.78, 5) is 13.6. The number of aliphatic hydroxyl groups is 1. The number of hydrogen-bond acceptors (Lipinski definition) is 2. The average Bonchev–Trinajstić information content (AvgIpc) is 2.44. The molecule has 1 amide bonds. The van der Waals surface area contributed by atoms with E-state index in [0.717, 1.165) is 11.1 Å². The minimum atomic E-state index is -0.772. The zero-order valence-electron chi connectivity index (χ0n) is 9.90. The Labute approximate surface area is 95.7 Å². The average molecular weight is 219 g/mol. The Hall–Kier alpha value is -1.35. The summed E-state index contributed by atoms with van der Waals surface area (Å²) in [5.41, 5.74) is 2.39. The Balaban J connectivity index is 2.40. The lowest BCUT2D eigenvalue weighted by Gasteiger charge is -2.23. The first-order chi connectivity index (χ1) is 7.52. The van der Waals surface area contributed by atoms with Crippen LogP contribution < -0.4 is 0 Å². The molecule has 3 heteroatoms. The molecule has 0 fully saturated rings. The Kier molecular flexibility index (Phi) is 2.72. The molecule has 1 atom stereocenters. The zero-order valence-corrected chi connectivity index (χ0v) is 9.90. The van der Waals surface area contributed by atoms with E-state index in [4.69, 9.17) is 0 Å². The van der Waals surface area contributed by atoms with Crippen LogP contribution in [0.15, 0.2) is 18.2 Å². The smallest absolute Gasteiger partial charge is 0.256 e. The highest BCUT2D eigenvalue weighted by Gasteiger charge is 2.36. The number of amides is 1. The van der Waals surface area contributed by atoms with Crippen molar-refractivity contribution in [1.82, 2.24) is 4.90 Å². The van der Waals surface area contributed by atoms with Gasteiger partial charge in [-0.05, 0) is 24.5 Å². The number of hydrogen-bond donors (Lipinski definition) is 1. The predicted molar refractivity (Wildman–Crippen MR) is 62.0 cm³/mol. The maximum Gasteiger partial charge on any atom is 0.256 e. The van der Waals surface area contributed by atoms with Gasteiger partial charge in [-0.1, -0.05) is 26.0 Å². The van der Waals surface area contributed by atoms with Gasteiger partial charge in [0.2, 0.25) is 0 Å². The van der Waals surface area contributed by atoms with Crippen LogP contribution in [0.4, 0.5) is 0 Å². The molecule has 0 bridgehead atoms. The van der Waals surface area contributed by atoms with Gasteiger partial charge in [-0.15, -0.1) is 0 Å². The molecule has 0 aromatic heterocycles. The van der Waals surface area contributed by atoms with Gasteiger partial charge in [-0.25, -0.2) is 0 Å². The molecule has 3 nitrogen and oxygen atoms in total. The first kappa shape index (κ1) is 11.1. The third kappa shape index (κ3) is 1.61. The van der Waals surface area contributed by atoms with Gasteiger partial charge < -0.3 is 10.0 Å². The molecule has 1 aromatic rings. The number of fused-ring (bicyclic) bond motifs is 1. The lowest BCUT2D eigenvalue weighted by atomic mass is 10.0. The number of aliphatic hydroxyl groups excluding tert-OH is 1. The van der Waals surface area contributed by atoms with Crippen LogP contribution in [0.25, 0.3) is 0 Å². The van der Waals surface area contributed by atoms with Gasteiger partial charge in [0.15, 0.2) is 6.23 Å². The summed E-state index contributed by atoms with van der Waals surface area (Å²) in [7, 11) is 0. The van der Waals surface area contributed by atoms with Crippen LogP contribution in [0, 0.1) is 12.8 Å². The van der Waals surface area contributed by atoms with Crippen molar-refractivity contribution in [3.8, 4) is 0 Å². The molecule has 2 rings (SSSR count). The largest absolute Gasteiger partial charge is 0.369 e. The van der Waals surface area contributed by atoms with Gasteiger partial charge in [0.1, 0.15) is 0 Å². The van der Waals surface area contributed by atoms with Crippen molar-refractivity contribution in [3.63, 3.8) is 0 Å². The molecule has 1 N–H and O–H groups in total. The van der Waals surface area contributed by atoms with Crippen molar-refractivity contribution in [3.05, 3.63) is 34.9 Å². The van der Waals surface area contributed by atoms with Gasteiger partial charge in [-0.3, -0.25) is 4.79 Å². The second-order valence-corrected chi connectivity index (χ2v) is 4.76. The molecule has 16 heavy (non-hydrogen) atoms. The molecule has 0 aliphatic carbocycles. The maximum atomic E-state index is 12.1. The van der Waals surface area contributed by atoms with Crippen LogP contribution in [-0.4, -0.2) is 22.5 Å². The Bertz CT molecular complexity index is 426. The van der Waals surface area contributed by atoms with E-state index >= 15 is 0 Å². The summed E-state index contributed by atoms with van der Waals surface area (Å²) in [6.45, 7) is 6.59. The quantitative estimate of drug-likeness (QED) is 0.827. The zero-order chi connectivity index (χ0) is 11.9. The lowest BCUT2D eigenvalue weighted by molar-refractivity contribution is 0.0124. The van der Waals surface area contributed by atoms with Crippen molar-refractivity contribution in [2.45, 2.75) is 27.0 Å². The van der Waals surface area contributed by atoms with Crippen LogP contribution in [0.1, 0.15) is 41.6 Å². The van der Waals surface area contributed by atoms with E-state index in [2.05, 4.69) is 0 Å². The fourth-order valence-electron chi connectivity index (χ4n) is 2.21. The molecule has 0 spiro atoms. The molecular formula is C13H17NO2. The molecule has 1 aliphatic rings. The second-order valence-electron chi connectivity index (χ2n) is 4.76. The first-order valence-corrected chi connectivity index (χ1v) is 5.61. The van der Waals surface area contributed by atoms with Crippen LogP contribution in [0.2, 0.25) is 0 Å². The van der Waals surface area contributed by atoms with Gasteiger partial charge in [0, 0.05) is 17.7 Å². The summed E-state index contributed by atoms with van der Waals surface area (Å²) < 4.78 is 0. The Morgan fingerprint density at radius 2 is 2.12 bits per heavy atom. The standard InChI is InChI=1S/C13H17NO2/c1-8(2)7-14-12(15)10-6-4-5-9(3)11(10)13(14)16/h4-6,8,13,16H,7H2,1-3H3. The van der Waals surface area contributed by atoms with Crippen molar-refractivity contribution >= 4 is 5.91 Å². The predicted octanol–water partition coefficient (Wildman–Crippen LogP) is 2.10. The Morgan fingerprint density at radius 1 is 1.44 bits per heavy atom. The fraction of sp³-hybridized carbons (Fsp3) is 0.462. The van der Waals surface area contributed by atoms with Crippen molar-refractivity contribution in [2.24, 2.45) is 5.92 Å². The monoisotopic (exact) mass is 219 g/mol. The topological polar surface area (TPSA) is 40.5 Å². The van der Waals surface area contributed by atoms with Gasteiger partial charge in [-0.2, -0.15) is 0 Å². The van der Waals surface area contributed by atoms with Crippen LogP contribution in [0.3, 0.4) is 0 Å². The molecule has 86 valence electrons. The highest BCUT2D eigenvalue weighted by Crippen LogP contribution is 2.34. The van der Waals surface area contributed by atoms with E-state index < -0.39 is 6.23 Å². The van der Waals surface area contributed by atoms with E-state index in [9.17, 15) is 9.90 Å². The number of aryl methyl sites for hydroxylation is 1. The van der Waals surface area contributed by atoms with E-state index in [1.54, 1.807) is 11.0 Å². The maximum absolute atomic E-state index is 12.1. The number of carbonyl (C=O) groups excluding carboxylic acids is 1. The number of nitrogens with zero attached hydrogens (tertiary/aromatic N) is 1. The molecule has 1 aliphatic heterocycles. The van der Waals surface area contributed by atoms with Gasteiger partial charge in [0.05, 0.1) is 0 Å². The van der Waals surface area contributed by atoms with E-state index in [1.165, 1.54) is 0 Å². The van der Waals surface area contributed by atoms with Gasteiger partial charge >= 0.3 is 0 Å². The SMILES string of the molecule is Cc1cccc2c1C(O)N(CC(C)C)C2=O. The molecular weight excluding hydrogens is 202 g/mol. The molecule has 0 radical (unpaired) electrons. The summed E-state index contributed by atoms with van der Waals surface area (Å²) in [5.74, 6) is 0.299. The lowest BCUT2D eigenvalue weighted by Crippen LogP contribution is -2.31. The van der Waals surface area contributed by atoms with E-state index in [1.807, 2.05) is 32.9 Å². The minimum Gasteiger partial charge on any atom is -0.369 e. The molecule has 0 saturated heterocycles. The Morgan fingerprint density at radius 3 is 2.69 bits per heavy atom. The highest BCUT2D eigenvalue weighted by molar-refractivity contribution is 5.99. The van der Waals surface area contributed by atoms with Crippen molar-refractivity contribution in [2.75, 3.05) is 6.54 Å². The third-order valence-electron chi connectivity index (χ3n) is 2.93. The van der Waals surface area contributed by atoms with Gasteiger partial charge in [0.25, 0.3) is 5.91 Å². The highest BCUT2D eigenvalue weighted by atomic mass is 16.3. The van der Waals surface area contributed by atoms with E-state index in [-0.39, 0.29) is 5.91 Å². The van der Waals surface area contributed by atoms with Crippen LogP contribution >= 0.6 is 0 Å². The number of benzene rings is 1. The van der Waals surface area contributed by atoms with Crippen LogP contribution in [-0.2, 0) is 0 Å². The summed E-state index contributed by atoms with van der Waals surface area (Å²) in [6.07, 6.45) is -0.772. The minimum absolute atomic E-state index is 0.0556. The third-order valence-corrected chi connectivity index (χ3v) is 2.93. The summed E-state index contributed by atoms with van der Waals surface area (Å²) >= 11 is 0. The van der Waals surface area contributed by atoms with Crippen LogP contribution in [0.5, 0.6) is 0 Å². The van der Waals surface area contributed by atoms with Crippen molar-refractivity contribution in [1.29, 1.82) is 0 Å². The fourth-order valence-corrected chi connectivity index (χ4v) is 2.21. The normalized spacial score (nSPS) is 19.4. The van der Waals surface area contributed by atoms with Crippen molar-refractivity contribution < 1.29 is 9.90 Å². The molecule has 1 unspecified atom stereocenters. The number of carbonyl (C=O) groups is 1. The molecule has 1 heterocycles. The number of rotatable bonds is 2. The molecule has 1 aromatic carbocycles. The first-order valence-electron chi connectivity index (χ1n) is 5.61. The summed E-state index contributed by atoms with van der Waals surface area (Å²) in [5, 5.41) is 10.1. The van der Waals surface area contributed by atoms with E-state index in [0.29, 0.717) is 18.0 Å².